The number of benzene rings is 2. The smallest absolute Gasteiger partial charge is 0.326 e. The van der Waals surface area contributed by atoms with E-state index in [-0.39, 0.29) is 23.8 Å². The van der Waals surface area contributed by atoms with Gasteiger partial charge in [0.25, 0.3) is 5.91 Å². The molecule has 1 aliphatic heterocycles. The molecule has 2 atom stereocenters. The largest absolute Gasteiger partial charge is 0.494 e. The van der Waals surface area contributed by atoms with Crippen molar-refractivity contribution in [3.63, 3.8) is 0 Å². The Morgan fingerprint density at radius 2 is 1.72 bits per heavy atom. The third-order valence-corrected chi connectivity index (χ3v) is 8.89. The van der Waals surface area contributed by atoms with Crippen LogP contribution in [0, 0.1) is 0 Å². The van der Waals surface area contributed by atoms with Gasteiger partial charge in [0, 0.05) is 29.3 Å². The number of carboxylic acid groups (broad SMARTS) is 1. The maximum atomic E-state index is 12.8. The lowest BCUT2D eigenvalue weighted by molar-refractivity contribution is -0.139. The molecule has 3 N–H and O–H groups in total. The van der Waals surface area contributed by atoms with E-state index in [9.17, 15) is 14.7 Å². The van der Waals surface area contributed by atoms with Crippen LogP contribution in [0.2, 0.25) is 0 Å². The Bertz CT molecular complexity index is 1420. The minimum Gasteiger partial charge on any atom is -0.494 e. The van der Waals surface area contributed by atoms with E-state index in [1.807, 2.05) is 67.0 Å². The normalized spacial score (nSPS) is 15.3. The predicted molar refractivity (Wildman–Crippen MR) is 175 cm³/mol. The molecule has 2 aromatic carbocycles. The minimum atomic E-state index is -1.06. The van der Waals surface area contributed by atoms with Crippen LogP contribution in [0.3, 0.4) is 0 Å². The van der Waals surface area contributed by atoms with Crippen molar-refractivity contribution in [1.82, 2.24) is 10.6 Å². The van der Waals surface area contributed by atoms with Crippen molar-refractivity contribution in [3.05, 3.63) is 93.3 Å². The number of ether oxygens (including phenoxy) is 1. The summed E-state index contributed by atoms with van der Waals surface area (Å²) in [6.07, 6.45) is 10.1. The third kappa shape index (κ3) is 9.29. The van der Waals surface area contributed by atoms with Gasteiger partial charge in [-0.2, -0.15) is 0 Å². The molecular weight excluding hydrogens is 558 g/mol. The second-order valence-corrected chi connectivity index (χ2v) is 13.0. The van der Waals surface area contributed by atoms with Gasteiger partial charge in [-0.25, -0.2) is 4.79 Å². The molecule has 0 spiro atoms. The zero-order valence-corrected chi connectivity index (χ0v) is 26.4. The first kappa shape index (κ1) is 32.0. The summed E-state index contributed by atoms with van der Waals surface area (Å²) in [5.41, 5.74) is 3.62. The van der Waals surface area contributed by atoms with Crippen LogP contribution in [-0.2, 0) is 16.6 Å². The first-order valence-electron chi connectivity index (χ1n) is 15.1. The molecule has 0 radical (unpaired) electrons. The van der Waals surface area contributed by atoms with Crippen molar-refractivity contribution in [3.8, 4) is 5.75 Å². The molecule has 3 aromatic rings. The van der Waals surface area contributed by atoms with Gasteiger partial charge in [0.2, 0.25) is 0 Å². The van der Waals surface area contributed by atoms with E-state index in [1.54, 1.807) is 6.07 Å². The second kappa shape index (κ2) is 15.0. The molecule has 1 aromatic heterocycles. The van der Waals surface area contributed by atoms with Crippen LogP contribution in [0.5, 0.6) is 5.75 Å². The molecule has 1 unspecified atom stereocenters. The zero-order chi connectivity index (χ0) is 30.8. The van der Waals surface area contributed by atoms with Gasteiger partial charge >= 0.3 is 5.97 Å². The predicted octanol–water partition coefficient (Wildman–Crippen LogP) is 7.53. The van der Waals surface area contributed by atoms with E-state index in [0.717, 1.165) is 46.0 Å². The molecule has 1 aliphatic rings. The second-order valence-electron chi connectivity index (χ2n) is 12.0. The molecule has 43 heavy (non-hydrogen) atoms. The van der Waals surface area contributed by atoms with Crippen molar-refractivity contribution in [2.75, 3.05) is 6.61 Å². The monoisotopic (exact) mass is 601 g/mol. The average molecular weight is 602 g/mol. The summed E-state index contributed by atoms with van der Waals surface area (Å²) >= 11 is 1.40. The van der Waals surface area contributed by atoms with E-state index < -0.39 is 12.0 Å². The van der Waals surface area contributed by atoms with Gasteiger partial charge in [0.15, 0.2) is 0 Å². The highest BCUT2D eigenvalue weighted by atomic mass is 32.1. The molecule has 0 fully saturated rings. The number of thiophene rings is 1. The van der Waals surface area contributed by atoms with Crippen molar-refractivity contribution in [2.45, 2.75) is 83.7 Å². The van der Waals surface area contributed by atoms with Gasteiger partial charge in [0.05, 0.1) is 23.2 Å². The van der Waals surface area contributed by atoms with Gasteiger partial charge in [-0.1, -0.05) is 77.6 Å². The fourth-order valence-electron chi connectivity index (χ4n) is 4.75. The number of rotatable bonds is 14. The number of amides is 1. The van der Waals surface area contributed by atoms with Gasteiger partial charge in [0.1, 0.15) is 11.8 Å². The fourth-order valence-corrected chi connectivity index (χ4v) is 5.72. The van der Waals surface area contributed by atoms with Crippen molar-refractivity contribution >= 4 is 35.1 Å². The molecule has 0 bridgehead atoms. The molecular formula is C35H43N3O4S. The molecule has 0 aliphatic carbocycles. The fraction of sp³-hybridized carbons (Fsp3) is 0.400. The van der Waals surface area contributed by atoms with Crippen LogP contribution in [-0.4, -0.2) is 35.8 Å². The number of hydrogen-bond donors (Lipinski definition) is 3. The minimum absolute atomic E-state index is 0.0693. The molecule has 8 heteroatoms. The Morgan fingerprint density at radius 3 is 2.33 bits per heavy atom. The number of hydrogen-bond acceptors (Lipinski definition) is 6. The van der Waals surface area contributed by atoms with E-state index in [4.69, 9.17) is 4.74 Å². The topological polar surface area (TPSA) is 100 Å². The molecule has 0 saturated heterocycles. The number of carbonyl (C=O) groups is 2. The quantitative estimate of drug-likeness (QED) is 0.166. The molecule has 228 valence electrons. The van der Waals surface area contributed by atoms with Gasteiger partial charge in [-0.3, -0.25) is 9.79 Å². The number of aliphatic imine (C=N–C) groups is 1. The Balaban J connectivity index is 1.28. The zero-order valence-electron chi connectivity index (χ0n) is 25.6. The summed E-state index contributed by atoms with van der Waals surface area (Å²) in [6.45, 7) is 9.21. The van der Waals surface area contributed by atoms with Gasteiger partial charge < -0.3 is 20.5 Å². The summed E-state index contributed by atoms with van der Waals surface area (Å²) in [5, 5.41) is 15.9. The van der Waals surface area contributed by atoms with Gasteiger partial charge in [-0.15, -0.1) is 11.3 Å². The number of nitrogens with one attached hydrogen (secondary N) is 2. The summed E-state index contributed by atoms with van der Waals surface area (Å²) < 4.78 is 5.87. The van der Waals surface area contributed by atoms with Crippen molar-refractivity contribution < 1.29 is 19.4 Å². The highest BCUT2D eigenvalue weighted by Crippen LogP contribution is 2.29. The average Bonchev–Trinajstić information content (AvgIpc) is 3.51. The standard InChI is InChI=1S/C35H43N3O4S/c1-5-6-7-8-9-20-42-27-16-14-26(15-17-27)30-23-36-29(22-37-30)25-12-10-24(11-13-25)21-28(34(40)41)38-33(39)31-18-19-32(43-31)35(2,3)4/h10-19,22-23,28-29,36H,5-9,20-21H2,1-4H3,(H,38,39)(H,40,41)/t28-,29?/m0/s1. The summed E-state index contributed by atoms with van der Waals surface area (Å²) in [7, 11) is 0. The lowest BCUT2D eigenvalue weighted by Gasteiger charge is -2.19. The number of aliphatic carboxylic acids is 1. The van der Waals surface area contributed by atoms with Crippen molar-refractivity contribution in [2.24, 2.45) is 4.99 Å². The lowest BCUT2D eigenvalue weighted by atomic mass is 9.95. The molecule has 4 rings (SSSR count). The Hall–Kier alpha value is -3.91. The van der Waals surface area contributed by atoms with E-state index in [1.165, 1.54) is 37.0 Å². The summed E-state index contributed by atoms with van der Waals surface area (Å²) in [4.78, 5) is 31.0. The Labute approximate surface area is 259 Å². The molecule has 7 nitrogen and oxygen atoms in total. The highest BCUT2D eigenvalue weighted by molar-refractivity contribution is 7.14. The van der Waals surface area contributed by atoms with Gasteiger partial charge in [-0.05, 0) is 59.4 Å². The Kier molecular flexibility index (Phi) is 11.2. The highest BCUT2D eigenvalue weighted by Gasteiger charge is 2.24. The van der Waals surface area contributed by atoms with E-state index in [0.29, 0.717) is 4.88 Å². The summed E-state index contributed by atoms with van der Waals surface area (Å²) in [5.74, 6) is -0.558. The first-order valence-corrected chi connectivity index (χ1v) is 15.9. The first-order chi connectivity index (χ1) is 20.6. The molecule has 0 saturated carbocycles. The Morgan fingerprint density at radius 1 is 1.00 bits per heavy atom. The van der Waals surface area contributed by atoms with E-state index in [2.05, 4.69) is 43.3 Å². The van der Waals surface area contributed by atoms with Crippen LogP contribution in [0.25, 0.3) is 5.70 Å². The maximum absolute atomic E-state index is 12.8. The molecule has 1 amide bonds. The van der Waals surface area contributed by atoms with Crippen LogP contribution < -0.4 is 15.4 Å². The van der Waals surface area contributed by atoms with E-state index >= 15 is 0 Å². The molecule has 2 heterocycles. The van der Waals surface area contributed by atoms with Crippen molar-refractivity contribution in [1.29, 1.82) is 0 Å². The number of carboxylic acids is 1. The third-order valence-electron chi connectivity index (χ3n) is 7.38. The van der Waals surface area contributed by atoms with Crippen LogP contribution in [0.15, 0.2) is 71.9 Å². The van der Waals surface area contributed by atoms with Crippen LogP contribution >= 0.6 is 11.3 Å². The number of nitrogens with zero attached hydrogens (tertiary/aromatic N) is 1. The van der Waals surface area contributed by atoms with Crippen LogP contribution in [0.4, 0.5) is 0 Å². The summed E-state index contributed by atoms with van der Waals surface area (Å²) in [6, 6.07) is 18.3. The lowest BCUT2D eigenvalue weighted by Crippen LogP contribution is -2.42. The number of unbranched alkanes of at least 4 members (excludes halogenated alkanes) is 4. The maximum Gasteiger partial charge on any atom is 0.326 e. The van der Waals surface area contributed by atoms with Crippen LogP contribution in [0.1, 0.15) is 97.1 Å². The number of carbonyl (C=O) groups excluding carboxylic acids is 1. The SMILES string of the molecule is CCCCCCCOc1ccc(C2=CNC(c3ccc(C[C@H](NC(=O)c4ccc(C(C)(C)C)s4)C(=O)O)cc3)C=N2)cc1.